The zero-order valence-corrected chi connectivity index (χ0v) is 13.5. The zero-order chi connectivity index (χ0) is 17.1. The van der Waals surface area contributed by atoms with E-state index in [1.165, 1.54) is 14.2 Å². The number of hydrogen-bond acceptors (Lipinski definition) is 4. The fourth-order valence-electron chi connectivity index (χ4n) is 2.60. The number of carbonyl (C=O) groups excluding carboxylic acids is 2. The molecule has 2 aromatic carbocycles. The standard InChI is InChI=1S/C18H18N2O4/c1-23-14-8-12(9-15(10-14)24-2)18(22)19-13-4-5-16-11(7-13)3-6-17(21)20-16/h4-5,7-10H,3,6H2,1-2H3,(H,19,22)(H,20,21). The maximum Gasteiger partial charge on any atom is 0.255 e. The van der Waals surface area contributed by atoms with E-state index in [4.69, 9.17) is 9.47 Å². The lowest BCUT2D eigenvalue weighted by molar-refractivity contribution is -0.116. The summed E-state index contributed by atoms with van der Waals surface area (Å²) >= 11 is 0. The van der Waals surface area contributed by atoms with Gasteiger partial charge in [-0.05, 0) is 42.3 Å². The van der Waals surface area contributed by atoms with Crippen molar-refractivity contribution in [1.82, 2.24) is 0 Å². The molecule has 0 radical (unpaired) electrons. The SMILES string of the molecule is COc1cc(OC)cc(C(=O)Nc2ccc3c(c2)CCC(=O)N3)c1. The van der Waals surface area contributed by atoms with Gasteiger partial charge in [0.1, 0.15) is 11.5 Å². The molecule has 6 heteroatoms. The first-order valence-electron chi connectivity index (χ1n) is 7.56. The molecule has 0 saturated carbocycles. The summed E-state index contributed by atoms with van der Waals surface area (Å²) in [5.41, 5.74) is 2.93. The van der Waals surface area contributed by atoms with E-state index in [1.54, 1.807) is 30.3 Å². The largest absolute Gasteiger partial charge is 0.497 e. The summed E-state index contributed by atoms with van der Waals surface area (Å²) in [4.78, 5) is 23.9. The van der Waals surface area contributed by atoms with Gasteiger partial charge in [-0.2, -0.15) is 0 Å². The van der Waals surface area contributed by atoms with E-state index < -0.39 is 0 Å². The van der Waals surface area contributed by atoms with Crippen LogP contribution in [0.3, 0.4) is 0 Å². The van der Waals surface area contributed by atoms with Gasteiger partial charge in [-0.25, -0.2) is 0 Å². The van der Waals surface area contributed by atoms with E-state index >= 15 is 0 Å². The van der Waals surface area contributed by atoms with Gasteiger partial charge < -0.3 is 20.1 Å². The van der Waals surface area contributed by atoms with Crippen molar-refractivity contribution in [2.45, 2.75) is 12.8 Å². The van der Waals surface area contributed by atoms with Gasteiger partial charge in [0.05, 0.1) is 14.2 Å². The highest BCUT2D eigenvalue weighted by atomic mass is 16.5. The number of fused-ring (bicyclic) bond motifs is 1. The Morgan fingerprint density at radius 1 is 1.04 bits per heavy atom. The van der Waals surface area contributed by atoms with Crippen LogP contribution in [0.2, 0.25) is 0 Å². The number of methoxy groups -OCH3 is 2. The first kappa shape index (κ1) is 15.9. The van der Waals surface area contributed by atoms with E-state index in [1.807, 2.05) is 6.07 Å². The lowest BCUT2D eigenvalue weighted by atomic mass is 10.0. The van der Waals surface area contributed by atoms with Gasteiger partial charge in [-0.1, -0.05) is 0 Å². The van der Waals surface area contributed by atoms with Crippen molar-refractivity contribution in [2.75, 3.05) is 24.9 Å². The summed E-state index contributed by atoms with van der Waals surface area (Å²) < 4.78 is 10.4. The highest BCUT2D eigenvalue weighted by Gasteiger charge is 2.16. The van der Waals surface area contributed by atoms with Crippen LogP contribution in [0.25, 0.3) is 0 Å². The molecule has 1 aliphatic rings. The molecular formula is C18H18N2O4. The molecule has 1 heterocycles. The van der Waals surface area contributed by atoms with Crippen LogP contribution in [0.5, 0.6) is 11.5 Å². The minimum absolute atomic E-state index is 0.0164. The predicted octanol–water partition coefficient (Wildman–Crippen LogP) is 2.84. The number of rotatable bonds is 4. The second-order valence-corrected chi connectivity index (χ2v) is 5.48. The average molecular weight is 326 g/mol. The molecule has 0 spiro atoms. The van der Waals surface area contributed by atoms with Crippen LogP contribution in [0.1, 0.15) is 22.3 Å². The number of nitrogens with one attached hydrogen (secondary N) is 2. The van der Waals surface area contributed by atoms with Crippen molar-refractivity contribution in [3.8, 4) is 11.5 Å². The summed E-state index contributed by atoms with van der Waals surface area (Å²) in [6, 6.07) is 10.4. The molecule has 24 heavy (non-hydrogen) atoms. The summed E-state index contributed by atoms with van der Waals surface area (Å²) in [6.45, 7) is 0. The molecule has 0 atom stereocenters. The highest BCUT2D eigenvalue weighted by molar-refractivity contribution is 6.05. The summed E-state index contributed by atoms with van der Waals surface area (Å²) in [7, 11) is 3.07. The molecule has 6 nitrogen and oxygen atoms in total. The molecule has 0 fully saturated rings. The minimum atomic E-state index is -0.257. The summed E-state index contributed by atoms with van der Waals surface area (Å²) in [5, 5.41) is 5.68. The number of anilines is 2. The van der Waals surface area contributed by atoms with E-state index in [9.17, 15) is 9.59 Å². The maximum atomic E-state index is 12.5. The lowest BCUT2D eigenvalue weighted by Gasteiger charge is -2.18. The van der Waals surface area contributed by atoms with Crippen LogP contribution in [-0.2, 0) is 11.2 Å². The molecule has 1 aliphatic heterocycles. The molecule has 0 aromatic heterocycles. The van der Waals surface area contributed by atoms with Gasteiger partial charge in [0.25, 0.3) is 5.91 Å². The lowest BCUT2D eigenvalue weighted by Crippen LogP contribution is -2.19. The van der Waals surface area contributed by atoms with E-state index in [-0.39, 0.29) is 11.8 Å². The van der Waals surface area contributed by atoms with Gasteiger partial charge in [0.2, 0.25) is 5.91 Å². The Morgan fingerprint density at radius 3 is 2.42 bits per heavy atom. The second-order valence-electron chi connectivity index (χ2n) is 5.48. The number of benzene rings is 2. The van der Waals surface area contributed by atoms with Gasteiger partial charge in [0.15, 0.2) is 0 Å². The summed E-state index contributed by atoms with van der Waals surface area (Å²) in [6.07, 6.45) is 1.12. The Balaban J connectivity index is 1.81. The van der Waals surface area contributed by atoms with Crippen molar-refractivity contribution in [1.29, 1.82) is 0 Å². The molecule has 0 unspecified atom stereocenters. The normalized spacial score (nSPS) is 12.8. The summed E-state index contributed by atoms with van der Waals surface area (Å²) in [5.74, 6) is 0.857. The van der Waals surface area contributed by atoms with Gasteiger partial charge in [-0.3, -0.25) is 9.59 Å². The fraction of sp³-hybridized carbons (Fsp3) is 0.222. The Labute approximate surface area is 139 Å². The fourth-order valence-corrected chi connectivity index (χ4v) is 2.60. The van der Waals surface area contributed by atoms with E-state index in [2.05, 4.69) is 10.6 Å². The third-order valence-electron chi connectivity index (χ3n) is 3.87. The average Bonchev–Trinajstić information content (AvgIpc) is 2.61. The van der Waals surface area contributed by atoms with Crippen LogP contribution < -0.4 is 20.1 Å². The zero-order valence-electron chi connectivity index (χ0n) is 13.5. The maximum absolute atomic E-state index is 12.5. The Hall–Kier alpha value is -3.02. The molecular weight excluding hydrogens is 308 g/mol. The number of carbonyl (C=O) groups is 2. The molecule has 2 aromatic rings. The number of aryl methyl sites for hydroxylation is 1. The van der Waals surface area contributed by atoms with Crippen LogP contribution in [-0.4, -0.2) is 26.0 Å². The van der Waals surface area contributed by atoms with Crippen molar-refractivity contribution >= 4 is 23.2 Å². The van der Waals surface area contributed by atoms with Gasteiger partial charge in [0, 0.05) is 29.4 Å². The monoisotopic (exact) mass is 326 g/mol. The molecule has 124 valence electrons. The Morgan fingerprint density at radius 2 is 1.75 bits per heavy atom. The smallest absolute Gasteiger partial charge is 0.255 e. The molecule has 3 rings (SSSR count). The molecule has 0 bridgehead atoms. The quantitative estimate of drug-likeness (QED) is 0.906. The van der Waals surface area contributed by atoms with Crippen molar-refractivity contribution < 1.29 is 19.1 Å². The van der Waals surface area contributed by atoms with Crippen LogP contribution in [0.4, 0.5) is 11.4 Å². The van der Waals surface area contributed by atoms with Crippen LogP contribution in [0, 0.1) is 0 Å². The van der Waals surface area contributed by atoms with Crippen LogP contribution >= 0.6 is 0 Å². The number of amides is 2. The molecule has 0 saturated heterocycles. The number of ether oxygens (including phenoxy) is 2. The van der Waals surface area contributed by atoms with Crippen molar-refractivity contribution in [2.24, 2.45) is 0 Å². The second kappa shape index (κ2) is 6.62. The highest BCUT2D eigenvalue weighted by Crippen LogP contribution is 2.27. The van der Waals surface area contributed by atoms with Gasteiger partial charge >= 0.3 is 0 Å². The topological polar surface area (TPSA) is 76.7 Å². The van der Waals surface area contributed by atoms with Gasteiger partial charge in [-0.15, -0.1) is 0 Å². The number of hydrogen-bond donors (Lipinski definition) is 2. The van der Waals surface area contributed by atoms with Crippen molar-refractivity contribution in [3.63, 3.8) is 0 Å². The Kier molecular flexibility index (Phi) is 4.37. The first-order chi connectivity index (χ1) is 11.6. The predicted molar refractivity (Wildman–Crippen MR) is 90.9 cm³/mol. The third kappa shape index (κ3) is 3.32. The minimum Gasteiger partial charge on any atom is -0.497 e. The van der Waals surface area contributed by atoms with E-state index in [0.29, 0.717) is 35.6 Å². The van der Waals surface area contributed by atoms with Crippen molar-refractivity contribution in [3.05, 3.63) is 47.5 Å². The third-order valence-corrected chi connectivity index (χ3v) is 3.87. The van der Waals surface area contributed by atoms with Crippen LogP contribution in [0.15, 0.2) is 36.4 Å². The molecule has 0 aliphatic carbocycles. The first-order valence-corrected chi connectivity index (χ1v) is 7.56. The molecule has 2 amide bonds. The van der Waals surface area contributed by atoms with E-state index in [0.717, 1.165) is 11.3 Å². The molecule has 2 N–H and O–H groups in total. The Bertz CT molecular complexity index is 779.